The van der Waals surface area contributed by atoms with E-state index < -0.39 is 27.7 Å². The van der Waals surface area contributed by atoms with Gasteiger partial charge in [0.15, 0.2) is 0 Å². The van der Waals surface area contributed by atoms with Crippen LogP contribution in [0.3, 0.4) is 0 Å². The Hall–Kier alpha value is -2.78. The number of anilines is 1. The number of esters is 1. The normalized spacial score (nSPS) is 11.6. The Bertz CT molecular complexity index is 1030. The van der Waals surface area contributed by atoms with Crippen LogP contribution in [0.1, 0.15) is 31.1 Å². The number of sulfonamides is 1. The topological polar surface area (TPSA) is 110 Å². The molecule has 0 aliphatic carbocycles. The van der Waals surface area contributed by atoms with Crippen molar-refractivity contribution in [1.29, 1.82) is 0 Å². The second-order valence-electron chi connectivity index (χ2n) is 6.90. The van der Waals surface area contributed by atoms with Crippen LogP contribution in [0.15, 0.2) is 47.4 Å². The second-order valence-corrected chi connectivity index (χ2v) is 9.12. The van der Waals surface area contributed by atoms with E-state index in [1.807, 2.05) is 0 Å². The minimum Gasteiger partial charge on any atom is -0.508 e. The van der Waals surface area contributed by atoms with Gasteiger partial charge in [-0.2, -0.15) is 4.31 Å². The van der Waals surface area contributed by atoms with Crippen molar-refractivity contribution in [2.45, 2.75) is 31.3 Å². The minimum atomic E-state index is -4.54. The van der Waals surface area contributed by atoms with Gasteiger partial charge in [0, 0.05) is 5.02 Å². The number of ether oxygens (including phenoxy) is 2. The molecule has 10 heteroatoms. The van der Waals surface area contributed by atoms with Gasteiger partial charge in [-0.05, 0) is 63.2 Å². The van der Waals surface area contributed by atoms with Gasteiger partial charge in [-0.25, -0.2) is 18.0 Å². The number of benzene rings is 2. The molecular weight excluding hydrogens is 422 g/mol. The molecule has 8 nitrogen and oxygen atoms in total. The average molecular weight is 442 g/mol. The first-order chi connectivity index (χ1) is 13.4. The van der Waals surface area contributed by atoms with Crippen molar-refractivity contribution < 1.29 is 32.6 Å². The van der Waals surface area contributed by atoms with Crippen molar-refractivity contribution in [1.82, 2.24) is 0 Å². The van der Waals surface area contributed by atoms with Crippen LogP contribution in [-0.4, -0.2) is 38.3 Å². The van der Waals surface area contributed by atoms with E-state index in [9.17, 15) is 23.1 Å². The summed E-state index contributed by atoms with van der Waals surface area (Å²) in [5.41, 5.74) is -1.55. The Morgan fingerprint density at radius 2 is 1.66 bits per heavy atom. The minimum absolute atomic E-state index is 0.0853. The number of carbonyl (C=O) groups excluding carboxylic acids is 2. The molecule has 0 aliphatic heterocycles. The van der Waals surface area contributed by atoms with Gasteiger partial charge in [-0.3, -0.25) is 0 Å². The van der Waals surface area contributed by atoms with Crippen molar-refractivity contribution in [3.8, 4) is 5.75 Å². The third-order valence-electron chi connectivity index (χ3n) is 3.52. The van der Waals surface area contributed by atoms with E-state index in [4.69, 9.17) is 21.1 Å². The largest absolute Gasteiger partial charge is 0.508 e. The molecule has 1 amide bonds. The Morgan fingerprint density at radius 1 is 1.07 bits per heavy atom. The van der Waals surface area contributed by atoms with Gasteiger partial charge < -0.3 is 14.6 Å². The number of carbonyl (C=O) groups is 2. The molecule has 0 spiro atoms. The molecule has 2 aromatic rings. The van der Waals surface area contributed by atoms with Crippen molar-refractivity contribution >= 4 is 39.4 Å². The van der Waals surface area contributed by atoms with Gasteiger partial charge in [0.05, 0.1) is 23.3 Å². The molecule has 2 aromatic carbocycles. The number of rotatable bonds is 4. The van der Waals surface area contributed by atoms with Gasteiger partial charge in [0.2, 0.25) is 0 Å². The molecule has 29 heavy (non-hydrogen) atoms. The fourth-order valence-electron chi connectivity index (χ4n) is 2.31. The van der Waals surface area contributed by atoms with Crippen molar-refractivity contribution in [3.05, 3.63) is 53.1 Å². The van der Waals surface area contributed by atoms with Gasteiger partial charge >= 0.3 is 12.1 Å². The maximum atomic E-state index is 13.3. The molecule has 0 bridgehead atoms. The molecule has 0 atom stereocenters. The molecule has 0 saturated carbocycles. The zero-order valence-corrected chi connectivity index (χ0v) is 17.7. The first-order valence-electron chi connectivity index (χ1n) is 8.32. The Balaban J connectivity index is 2.76. The second kappa shape index (κ2) is 8.30. The number of amides is 1. The van der Waals surface area contributed by atoms with Crippen LogP contribution in [0.4, 0.5) is 10.5 Å². The number of hydrogen-bond acceptors (Lipinski definition) is 7. The predicted octanol–water partition coefficient (Wildman–Crippen LogP) is 3.96. The van der Waals surface area contributed by atoms with E-state index in [0.29, 0.717) is 4.31 Å². The van der Waals surface area contributed by atoms with E-state index in [1.165, 1.54) is 12.1 Å². The van der Waals surface area contributed by atoms with Crippen molar-refractivity contribution in [3.63, 3.8) is 0 Å². The maximum Gasteiger partial charge on any atom is 0.429 e. The Morgan fingerprint density at radius 3 is 2.17 bits per heavy atom. The molecule has 0 aromatic heterocycles. The summed E-state index contributed by atoms with van der Waals surface area (Å²) in [6.07, 6.45) is -1.24. The summed E-state index contributed by atoms with van der Waals surface area (Å²) in [5.74, 6) is -1.03. The Labute approximate surface area is 173 Å². The van der Waals surface area contributed by atoms with Crippen LogP contribution in [0.25, 0.3) is 0 Å². The molecular formula is C19H20ClNO7S. The van der Waals surface area contributed by atoms with Crippen LogP contribution in [0.2, 0.25) is 5.02 Å². The lowest BCUT2D eigenvalue weighted by atomic mass is 10.2. The number of phenolic OH excluding ortho intramolecular Hbond substituents is 1. The van der Waals surface area contributed by atoms with Gasteiger partial charge in [-0.15, -0.1) is 0 Å². The molecule has 0 radical (unpaired) electrons. The Kier molecular flexibility index (Phi) is 6.44. The highest BCUT2D eigenvalue weighted by Crippen LogP contribution is 2.32. The lowest BCUT2D eigenvalue weighted by molar-refractivity contribution is 0.0600. The van der Waals surface area contributed by atoms with Crippen LogP contribution < -0.4 is 4.31 Å². The lowest BCUT2D eigenvalue weighted by Gasteiger charge is -2.28. The fourth-order valence-corrected chi connectivity index (χ4v) is 3.81. The number of methoxy groups -OCH3 is 1. The van der Waals surface area contributed by atoms with Gasteiger partial charge in [-0.1, -0.05) is 11.6 Å². The van der Waals surface area contributed by atoms with Gasteiger partial charge in [0.1, 0.15) is 11.4 Å². The van der Waals surface area contributed by atoms with E-state index in [-0.39, 0.29) is 26.9 Å². The number of phenols is 1. The average Bonchev–Trinajstić information content (AvgIpc) is 2.60. The van der Waals surface area contributed by atoms with E-state index in [2.05, 4.69) is 0 Å². The van der Waals surface area contributed by atoms with Crippen molar-refractivity contribution in [2.75, 3.05) is 11.4 Å². The molecule has 1 N–H and O–H groups in total. The third kappa shape index (κ3) is 5.18. The summed E-state index contributed by atoms with van der Waals surface area (Å²) in [6.45, 7) is 4.69. The SMILES string of the molecule is COC(=O)c1ccc(Cl)cc1N(C(=O)OC(C)(C)C)S(=O)(=O)c1ccc(O)cc1. The molecule has 0 aliphatic rings. The van der Waals surface area contributed by atoms with Gasteiger partial charge in [0.25, 0.3) is 10.0 Å². The predicted molar refractivity (Wildman–Crippen MR) is 107 cm³/mol. The summed E-state index contributed by atoms with van der Waals surface area (Å²) in [7, 11) is -3.42. The lowest BCUT2D eigenvalue weighted by Crippen LogP contribution is -2.41. The fraction of sp³-hybridized carbons (Fsp3) is 0.263. The smallest absolute Gasteiger partial charge is 0.429 e. The number of nitrogens with zero attached hydrogens (tertiary/aromatic N) is 1. The quantitative estimate of drug-likeness (QED) is 0.715. The standard InChI is InChI=1S/C19H20ClNO7S/c1-19(2,3)28-18(24)21(29(25,26)14-8-6-13(22)7-9-14)16-11-12(20)5-10-15(16)17(23)27-4/h5-11,22H,1-4H3. The summed E-state index contributed by atoms with van der Waals surface area (Å²) < 4.78 is 36.9. The number of aromatic hydroxyl groups is 1. The zero-order chi connectivity index (χ0) is 22.0. The molecule has 0 fully saturated rings. The molecule has 0 unspecified atom stereocenters. The molecule has 156 valence electrons. The first-order valence-corrected chi connectivity index (χ1v) is 10.1. The zero-order valence-electron chi connectivity index (χ0n) is 16.2. The number of halogens is 1. The highest BCUT2D eigenvalue weighted by molar-refractivity contribution is 7.93. The van der Waals surface area contributed by atoms with Crippen molar-refractivity contribution in [2.24, 2.45) is 0 Å². The number of hydrogen-bond donors (Lipinski definition) is 1. The summed E-state index contributed by atoms with van der Waals surface area (Å²) in [4.78, 5) is 24.8. The monoisotopic (exact) mass is 441 g/mol. The van der Waals surface area contributed by atoms with Crippen LogP contribution >= 0.6 is 11.6 Å². The van der Waals surface area contributed by atoms with E-state index in [0.717, 1.165) is 37.4 Å². The van der Waals surface area contributed by atoms with Crippen LogP contribution in [0.5, 0.6) is 5.75 Å². The molecule has 0 heterocycles. The first kappa shape index (κ1) is 22.5. The van der Waals surface area contributed by atoms with Crippen LogP contribution in [-0.2, 0) is 19.5 Å². The summed E-state index contributed by atoms with van der Waals surface area (Å²) >= 11 is 6.00. The highest BCUT2D eigenvalue weighted by Gasteiger charge is 2.37. The summed E-state index contributed by atoms with van der Waals surface area (Å²) in [6, 6.07) is 8.29. The summed E-state index contributed by atoms with van der Waals surface area (Å²) in [5, 5.41) is 9.53. The maximum absolute atomic E-state index is 13.3. The molecule has 2 rings (SSSR count). The van der Waals surface area contributed by atoms with E-state index in [1.54, 1.807) is 20.8 Å². The van der Waals surface area contributed by atoms with E-state index >= 15 is 0 Å². The molecule has 0 saturated heterocycles. The van der Waals surface area contributed by atoms with Crippen LogP contribution in [0, 0.1) is 0 Å². The third-order valence-corrected chi connectivity index (χ3v) is 5.45. The highest BCUT2D eigenvalue weighted by atomic mass is 35.5.